The van der Waals surface area contributed by atoms with Gasteiger partial charge in [0.2, 0.25) is 0 Å². The van der Waals surface area contributed by atoms with Crippen LogP contribution in [0.1, 0.15) is 68.7 Å². The van der Waals surface area contributed by atoms with Gasteiger partial charge in [-0.1, -0.05) is 56.9 Å². The molecule has 1 heteroatoms. The Labute approximate surface area is 125 Å². The Morgan fingerprint density at radius 3 is 2.70 bits per heavy atom. The summed E-state index contributed by atoms with van der Waals surface area (Å²) in [5, 5.41) is 3.78. The van der Waals surface area contributed by atoms with Crippen molar-refractivity contribution in [2.45, 2.75) is 65.8 Å². The van der Waals surface area contributed by atoms with Crippen LogP contribution >= 0.6 is 0 Å². The van der Waals surface area contributed by atoms with Gasteiger partial charge in [0.05, 0.1) is 0 Å². The summed E-state index contributed by atoms with van der Waals surface area (Å²) < 4.78 is 0. The van der Waals surface area contributed by atoms with E-state index in [0.717, 1.165) is 18.4 Å². The van der Waals surface area contributed by atoms with Crippen molar-refractivity contribution in [3.05, 3.63) is 34.9 Å². The van der Waals surface area contributed by atoms with Crippen molar-refractivity contribution in [2.24, 2.45) is 11.8 Å². The highest BCUT2D eigenvalue weighted by Gasteiger charge is 2.29. The molecule has 20 heavy (non-hydrogen) atoms. The highest BCUT2D eigenvalue weighted by molar-refractivity contribution is 5.33. The Kier molecular flexibility index (Phi) is 5.65. The van der Waals surface area contributed by atoms with Crippen molar-refractivity contribution in [3.63, 3.8) is 0 Å². The number of hydrogen-bond donors (Lipinski definition) is 1. The van der Waals surface area contributed by atoms with Crippen LogP contribution < -0.4 is 5.32 Å². The van der Waals surface area contributed by atoms with Crippen LogP contribution in [0.2, 0.25) is 0 Å². The number of hydrogen-bond acceptors (Lipinski definition) is 1. The molecule has 1 aliphatic rings. The van der Waals surface area contributed by atoms with Crippen molar-refractivity contribution in [3.8, 4) is 0 Å². The predicted molar refractivity (Wildman–Crippen MR) is 88.1 cm³/mol. The standard InChI is InChI=1S/C19H31N/c1-5-16-8-7-9-17(13-16)19(20-6-2)18-12-14(3)10-11-15(18)4/h10-12,16-17,19-20H,5-9,13H2,1-4H3. The third-order valence-corrected chi connectivity index (χ3v) is 5.07. The molecule has 3 atom stereocenters. The van der Waals surface area contributed by atoms with Gasteiger partial charge >= 0.3 is 0 Å². The third-order valence-electron chi connectivity index (χ3n) is 5.07. The Morgan fingerprint density at radius 2 is 2.00 bits per heavy atom. The van der Waals surface area contributed by atoms with Gasteiger partial charge in [-0.15, -0.1) is 0 Å². The van der Waals surface area contributed by atoms with E-state index < -0.39 is 0 Å². The molecule has 1 aromatic carbocycles. The van der Waals surface area contributed by atoms with Crippen LogP contribution in [0.25, 0.3) is 0 Å². The molecular formula is C19H31N. The number of aryl methyl sites for hydroxylation is 2. The van der Waals surface area contributed by atoms with Crippen LogP contribution in [0, 0.1) is 25.7 Å². The number of nitrogens with one attached hydrogen (secondary N) is 1. The van der Waals surface area contributed by atoms with Crippen molar-refractivity contribution in [1.82, 2.24) is 5.32 Å². The molecule has 0 amide bonds. The minimum absolute atomic E-state index is 0.550. The Balaban J connectivity index is 2.23. The summed E-state index contributed by atoms with van der Waals surface area (Å²) in [5.41, 5.74) is 4.37. The normalized spacial score (nSPS) is 24.6. The topological polar surface area (TPSA) is 12.0 Å². The zero-order valence-corrected chi connectivity index (χ0v) is 13.7. The summed E-state index contributed by atoms with van der Waals surface area (Å²) in [5.74, 6) is 1.76. The van der Waals surface area contributed by atoms with Gasteiger partial charge in [0, 0.05) is 6.04 Å². The Morgan fingerprint density at radius 1 is 1.20 bits per heavy atom. The van der Waals surface area contributed by atoms with Crippen molar-refractivity contribution in [1.29, 1.82) is 0 Å². The Bertz CT molecular complexity index is 424. The van der Waals surface area contributed by atoms with Crippen molar-refractivity contribution in [2.75, 3.05) is 6.54 Å². The highest BCUT2D eigenvalue weighted by Crippen LogP contribution is 2.39. The van der Waals surface area contributed by atoms with Crippen LogP contribution in [-0.2, 0) is 0 Å². The lowest BCUT2D eigenvalue weighted by Crippen LogP contribution is -2.32. The van der Waals surface area contributed by atoms with Gasteiger partial charge in [-0.2, -0.15) is 0 Å². The minimum Gasteiger partial charge on any atom is -0.310 e. The maximum atomic E-state index is 3.78. The van der Waals surface area contributed by atoms with E-state index in [1.807, 2.05) is 0 Å². The largest absolute Gasteiger partial charge is 0.310 e. The maximum Gasteiger partial charge on any atom is 0.0351 e. The molecule has 0 aliphatic heterocycles. The Hall–Kier alpha value is -0.820. The first-order valence-electron chi connectivity index (χ1n) is 8.46. The van der Waals surface area contributed by atoms with E-state index in [0.29, 0.717) is 6.04 Å². The zero-order valence-electron chi connectivity index (χ0n) is 13.7. The SMILES string of the molecule is CCNC(c1cc(C)ccc1C)C1CCCC(CC)C1. The number of benzene rings is 1. The second kappa shape index (κ2) is 7.26. The van der Waals surface area contributed by atoms with E-state index in [4.69, 9.17) is 0 Å². The molecule has 1 aromatic rings. The molecule has 112 valence electrons. The van der Waals surface area contributed by atoms with Gasteiger partial charge in [0.15, 0.2) is 0 Å². The van der Waals surface area contributed by atoms with E-state index in [1.165, 1.54) is 48.8 Å². The van der Waals surface area contributed by atoms with E-state index in [9.17, 15) is 0 Å². The molecule has 0 heterocycles. The quantitative estimate of drug-likeness (QED) is 0.780. The van der Waals surface area contributed by atoms with Gasteiger partial charge < -0.3 is 5.32 Å². The van der Waals surface area contributed by atoms with Gasteiger partial charge in [-0.3, -0.25) is 0 Å². The van der Waals surface area contributed by atoms with Gasteiger partial charge in [-0.25, -0.2) is 0 Å². The summed E-state index contributed by atoms with van der Waals surface area (Å²) in [4.78, 5) is 0. The fourth-order valence-electron chi connectivity index (χ4n) is 3.85. The molecule has 1 saturated carbocycles. The first-order valence-corrected chi connectivity index (χ1v) is 8.46. The summed E-state index contributed by atoms with van der Waals surface area (Å²) in [6, 6.07) is 7.47. The van der Waals surface area contributed by atoms with E-state index >= 15 is 0 Å². The second-order valence-electron chi connectivity index (χ2n) is 6.60. The first kappa shape index (κ1) is 15.6. The molecule has 3 unspecified atom stereocenters. The molecule has 0 radical (unpaired) electrons. The first-order chi connectivity index (χ1) is 9.65. The minimum atomic E-state index is 0.550. The number of rotatable bonds is 5. The van der Waals surface area contributed by atoms with E-state index in [2.05, 4.69) is 51.2 Å². The van der Waals surface area contributed by atoms with Crippen molar-refractivity contribution >= 4 is 0 Å². The molecule has 0 spiro atoms. The average Bonchev–Trinajstić information content (AvgIpc) is 2.47. The van der Waals surface area contributed by atoms with E-state index in [1.54, 1.807) is 0 Å². The average molecular weight is 273 g/mol. The van der Waals surface area contributed by atoms with Crippen LogP contribution in [0.5, 0.6) is 0 Å². The predicted octanol–water partition coefficient (Wildman–Crippen LogP) is 5.17. The maximum absolute atomic E-state index is 3.78. The second-order valence-corrected chi connectivity index (χ2v) is 6.60. The third kappa shape index (κ3) is 3.63. The fraction of sp³-hybridized carbons (Fsp3) is 0.684. The lowest BCUT2D eigenvalue weighted by atomic mass is 9.74. The molecule has 0 bridgehead atoms. The van der Waals surface area contributed by atoms with Crippen LogP contribution in [-0.4, -0.2) is 6.54 Å². The van der Waals surface area contributed by atoms with Crippen LogP contribution in [0.4, 0.5) is 0 Å². The van der Waals surface area contributed by atoms with Crippen LogP contribution in [0.15, 0.2) is 18.2 Å². The molecule has 0 saturated heterocycles. The molecule has 0 aromatic heterocycles. The summed E-state index contributed by atoms with van der Waals surface area (Å²) in [7, 11) is 0. The molecule has 1 N–H and O–H groups in total. The smallest absolute Gasteiger partial charge is 0.0351 e. The van der Waals surface area contributed by atoms with Crippen LogP contribution in [0.3, 0.4) is 0 Å². The van der Waals surface area contributed by atoms with Crippen molar-refractivity contribution < 1.29 is 0 Å². The molecule has 1 aliphatic carbocycles. The lowest BCUT2D eigenvalue weighted by Gasteiger charge is -2.36. The highest BCUT2D eigenvalue weighted by atomic mass is 14.9. The summed E-state index contributed by atoms with van der Waals surface area (Å²) in [6.45, 7) is 10.1. The zero-order chi connectivity index (χ0) is 14.5. The van der Waals surface area contributed by atoms with Gasteiger partial charge in [-0.05, 0) is 56.2 Å². The molecule has 1 fully saturated rings. The van der Waals surface area contributed by atoms with Gasteiger partial charge in [0.1, 0.15) is 0 Å². The van der Waals surface area contributed by atoms with Gasteiger partial charge in [0.25, 0.3) is 0 Å². The molecule has 1 nitrogen and oxygen atoms in total. The summed E-state index contributed by atoms with van der Waals surface area (Å²) in [6.07, 6.45) is 7.00. The molecule has 2 rings (SSSR count). The van der Waals surface area contributed by atoms with E-state index in [-0.39, 0.29) is 0 Å². The molecular weight excluding hydrogens is 242 g/mol. The summed E-state index contributed by atoms with van der Waals surface area (Å²) >= 11 is 0. The fourth-order valence-corrected chi connectivity index (χ4v) is 3.85. The lowest BCUT2D eigenvalue weighted by molar-refractivity contribution is 0.210. The monoisotopic (exact) mass is 273 g/mol.